The van der Waals surface area contributed by atoms with E-state index >= 15 is 0 Å². The molecule has 5 nitrogen and oxygen atoms in total. The van der Waals surface area contributed by atoms with Crippen LogP contribution in [0, 0.1) is 0 Å². The van der Waals surface area contributed by atoms with Crippen LogP contribution < -0.4 is 9.64 Å². The second-order valence-electron chi connectivity index (χ2n) is 3.88. The molecule has 0 fully saturated rings. The molecule has 0 aliphatic heterocycles. The van der Waals surface area contributed by atoms with Crippen LogP contribution in [0.25, 0.3) is 0 Å². The van der Waals surface area contributed by atoms with Crippen molar-refractivity contribution in [2.45, 2.75) is 6.61 Å². The molecule has 1 N–H and O–H groups in total. The van der Waals surface area contributed by atoms with Crippen molar-refractivity contribution in [3.63, 3.8) is 0 Å². The van der Waals surface area contributed by atoms with E-state index in [1.165, 1.54) is 6.33 Å². The lowest BCUT2D eigenvalue weighted by molar-refractivity contribution is 0.281. The number of nitrogens with zero attached hydrogens (tertiary/aromatic N) is 3. The van der Waals surface area contributed by atoms with Crippen molar-refractivity contribution in [2.24, 2.45) is 0 Å². The third-order valence-corrected chi connectivity index (χ3v) is 3.13. The number of aliphatic hydroxyl groups excluding tert-OH is 1. The Morgan fingerprint density at radius 3 is 2.53 bits per heavy atom. The Labute approximate surface area is 116 Å². The molecule has 0 amide bonds. The minimum Gasteiger partial charge on any atom is -0.497 e. The number of anilines is 2. The van der Waals surface area contributed by atoms with Crippen molar-refractivity contribution in [3.8, 4) is 5.75 Å². The number of hydrogen-bond acceptors (Lipinski definition) is 5. The first-order valence-electron chi connectivity index (χ1n) is 5.65. The molecule has 1 heterocycles. The van der Waals surface area contributed by atoms with Crippen molar-refractivity contribution < 1.29 is 9.84 Å². The molecular formula is C13H14ClN3O2. The normalized spacial score (nSPS) is 10.3. The van der Waals surface area contributed by atoms with Crippen LogP contribution in [0.2, 0.25) is 5.15 Å². The van der Waals surface area contributed by atoms with Gasteiger partial charge in [0.15, 0.2) is 0 Å². The maximum atomic E-state index is 9.37. The molecule has 0 spiro atoms. The second-order valence-corrected chi connectivity index (χ2v) is 4.24. The average Bonchev–Trinajstić information content (AvgIpc) is 2.46. The first-order chi connectivity index (χ1) is 9.17. The molecule has 0 radical (unpaired) electrons. The van der Waals surface area contributed by atoms with Crippen LogP contribution in [-0.2, 0) is 6.61 Å². The fourth-order valence-corrected chi connectivity index (χ4v) is 1.92. The van der Waals surface area contributed by atoms with Crippen LogP contribution in [0.3, 0.4) is 0 Å². The Kier molecular flexibility index (Phi) is 4.19. The first-order valence-corrected chi connectivity index (χ1v) is 6.03. The third-order valence-electron chi connectivity index (χ3n) is 2.81. The lowest BCUT2D eigenvalue weighted by Gasteiger charge is -2.21. The van der Waals surface area contributed by atoms with Gasteiger partial charge in [-0.15, -0.1) is 0 Å². The Balaban J connectivity index is 2.37. The number of rotatable bonds is 4. The maximum Gasteiger partial charge on any atom is 0.143 e. The molecule has 0 bridgehead atoms. The second kappa shape index (κ2) is 5.86. The van der Waals surface area contributed by atoms with Crippen molar-refractivity contribution in [1.82, 2.24) is 9.97 Å². The van der Waals surface area contributed by atoms with E-state index in [0.29, 0.717) is 11.4 Å². The molecule has 2 rings (SSSR count). The van der Waals surface area contributed by atoms with E-state index in [1.54, 1.807) is 7.11 Å². The Morgan fingerprint density at radius 2 is 1.95 bits per heavy atom. The summed E-state index contributed by atoms with van der Waals surface area (Å²) >= 11 is 5.95. The highest BCUT2D eigenvalue weighted by atomic mass is 35.5. The molecule has 100 valence electrons. The summed E-state index contributed by atoms with van der Waals surface area (Å²) in [5, 5.41) is 9.62. The van der Waals surface area contributed by atoms with E-state index < -0.39 is 0 Å². The summed E-state index contributed by atoms with van der Waals surface area (Å²) in [6.07, 6.45) is 1.37. The molecule has 1 aromatic carbocycles. The highest BCUT2D eigenvalue weighted by Gasteiger charge is 2.14. The molecule has 0 unspecified atom stereocenters. The largest absolute Gasteiger partial charge is 0.497 e. The number of hydrogen-bond donors (Lipinski definition) is 1. The van der Waals surface area contributed by atoms with Crippen molar-refractivity contribution in [1.29, 1.82) is 0 Å². The summed E-state index contributed by atoms with van der Waals surface area (Å²) in [5.74, 6) is 1.35. The number of aliphatic hydroxyl groups is 1. The SMILES string of the molecule is COc1ccc(N(C)c2ncnc(Cl)c2CO)cc1. The predicted octanol–water partition coefficient (Wildman–Crippen LogP) is 2.40. The molecule has 0 aliphatic carbocycles. The van der Waals surface area contributed by atoms with Gasteiger partial charge < -0.3 is 14.7 Å². The van der Waals surface area contributed by atoms with Gasteiger partial charge in [-0.1, -0.05) is 11.6 Å². The van der Waals surface area contributed by atoms with Gasteiger partial charge in [0.05, 0.1) is 19.3 Å². The molecule has 0 atom stereocenters. The number of methoxy groups -OCH3 is 1. The van der Waals surface area contributed by atoms with Gasteiger partial charge in [-0.25, -0.2) is 9.97 Å². The molecule has 2 aromatic rings. The molecular weight excluding hydrogens is 266 g/mol. The van der Waals surface area contributed by atoms with Crippen molar-refractivity contribution in [3.05, 3.63) is 41.3 Å². The smallest absolute Gasteiger partial charge is 0.143 e. The molecule has 0 saturated heterocycles. The van der Waals surface area contributed by atoms with E-state index in [9.17, 15) is 5.11 Å². The van der Waals surface area contributed by atoms with Crippen molar-refractivity contribution >= 4 is 23.1 Å². The fraction of sp³-hybridized carbons (Fsp3) is 0.231. The zero-order valence-electron chi connectivity index (χ0n) is 10.7. The molecule has 6 heteroatoms. The first kappa shape index (κ1) is 13.6. The standard InChI is InChI=1S/C13H14ClN3O2/c1-17(9-3-5-10(19-2)6-4-9)13-11(7-18)12(14)15-8-16-13/h3-6,8,18H,7H2,1-2H3. The third kappa shape index (κ3) is 2.77. The highest BCUT2D eigenvalue weighted by molar-refractivity contribution is 6.30. The molecule has 19 heavy (non-hydrogen) atoms. The molecule has 0 aliphatic rings. The molecule has 0 saturated carbocycles. The number of ether oxygens (including phenoxy) is 1. The lowest BCUT2D eigenvalue weighted by atomic mass is 10.2. The Bertz CT molecular complexity index is 560. The van der Waals surface area contributed by atoms with Crippen LogP contribution >= 0.6 is 11.6 Å². The summed E-state index contributed by atoms with van der Waals surface area (Å²) in [4.78, 5) is 9.86. The van der Waals surface area contributed by atoms with E-state index in [-0.39, 0.29) is 11.8 Å². The van der Waals surface area contributed by atoms with Crippen LogP contribution in [-0.4, -0.2) is 29.2 Å². The zero-order valence-corrected chi connectivity index (χ0v) is 11.4. The topological polar surface area (TPSA) is 58.5 Å². The predicted molar refractivity (Wildman–Crippen MR) is 74.0 cm³/mol. The lowest BCUT2D eigenvalue weighted by Crippen LogP contribution is -2.14. The van der Waals surface area contributed by atoms with Gasteiger partial charge in [0, 0.05) is 12.7 Å². The van der Waals surface area contributed by atoms with Gasteiger partial charge in [0.2, 0.25) is 0 Å². The average molecular weight is 280 g/mol. The minimum atomic E-state index is -0.213. The number of benzene rings is 1. The van der Waals surface area contributed by atoms with E-state index in [1.807, 2.05) is 36.2 Å². The maximum absolute atomic E-state index is 9.37. The Morgan fingerprint density at radius 1 is 1.26 bits per heavy atom. The zero-order chi connectivity index (χ0) is 13.8. The molecule has 1 aromatic heterocycles. The quantitative estimate of drug-likeness (QED) is 0.871. The minimum absolute atomic E-state index is 0.213. The number of aromatic nitrogens is 2. The van der Waals surface area contributed by atoms with Gasteiger partial charge >= 0.3 is 0 Å². The van der Waals surface area contributed by atoms with Gasteiger partial charge in [-0.3, -0.25) is 0 Å². The van der Waals surface area contributed by atoms with E-state index in [0.717, 1.165) is 11.4 Å². The summed E-state index contributed by atoms with van der Waals surface area (Å²) < 4.78 is 5.11. The number of halogens is 1. The summed E-state index contributed by atoms with van der Waals surface area (Å²) in [7, 11) is 3.46. The summed E-state index contributed by atoms with van der Waals surface area (Å²) in [6, 6.07) is 7.51. The summed E-state index contributed by atoms with van der Waals surface area (Å²) in [5.41, 5.74) is 1.41. The van der Waals surface area contributed by atoms with E-state index in [4.69, 9.17) is 16.3 Å². The fourth-order valence-electron chi connectivity index (χ4n) is 1.74. The monoisotopic (exact) mass is 279 g/mol. The van der Waals surface area contributed by atoms with Gasteiger partial charge in [-0.2, -0.15) is 0 Å². The van der Waals surface area contributed by atoms with Crippen molar-refractivity contribution in [2.75, 3.05) is 19.1 Å². The van der Waals surface area contributed by atoms with Crippen LogP contribution in [0.5, 0.6) is 5.75 Å². The van der Waals surface area contributed by atoms with Gasteiger partial charge in [0.25, 0.3) is 0 Å². The van der Waals surface area contributed by atoms with Gasteiger partial charge in [0.1, 0.15) is 23.0 Å². The summed E-state index contributed by atoms with van der Waals surface area (Å²) in [6.45, 7) is -0.213. The van der Waals surface area contributed by atoms with Crippen LogP contribution in [0.1, 0.15) is 5.56 Å². The van der Waals surface area contributed by atoms with Crippen LogP contribution in [0.4, 0.5) is 11.5 Å². The van der Waals surface area contributed by atoms with Crippen LogP contribution in [0.15, 0.2) is 30.6 Å². The van der Waals surface area contributed by atoms with E-state index in [2.05, 4.69) is 9.97 Å². The highest BCUT2D eigenvalue weighted by Crippen LogP contribution is 2.29. The van der Waals surface area contributed by atoms with Gasteiger partial charge in [-0.05, 0) is 24.3 Å². The Hall–Kier alpha value is -1.85.